The molecule has 2 heterocycles. The average molecular weight is 474 g/mol. The smallest absolute Gasteiger partial charge is 0.419 e. The summed E-state index contributed by atoms with van der Waals surface area (Å²) in [5, 5.41) is 0. The van der Waals surface area contributed by atoms with Gasteiger partial charge in [0.2, 0.25) is 0 Å². The lowest BCUT2D eigenvalue weighted by Gasteiger charge is -2.22. The molecule has 0 spiro atoms. The molecule has 2 aliphatic rings. The van der Waals surface area contributed by atoms with Gasteiger partial charge in [-0.2, -0.15) is 0 Å². The number of carbonyl (C=O) groups is 6. The molecular formula is C22H26N4O8. The Morgan fingerprint density at radius 1 is 0.706 bits per heavy atom. The Morgan fingerprint density at radius 3 is 1.32 bits per heavy atom. The fourth-order valence-electron chi connectivity index (χ4n) is 2.64. The molecule has 182 valence electrons. The van der Waals surface area contributed by atoms with Crippen LogP contribution in [0, 0.1) is 23.7 Å². The Balaban J connectivity index is 1.91. The zero-order valence-corrected chi connectivity index (χ0v) is 19.9. The van der Waals surface area contributed by atoms with Gasteiger partial charge in [0.15, 0.2) is 0 Å². The van der Waals surface area contributed by atoms with Gasteiger partial charge in [-0.05, 0) is 53.4 Å². The van der Waals surface area contributed by atoms with Crippen LogP contribution in [0.4, 0.5) is 19.2 Å². The maximum absolute atomic E-state index is 12.3. The lowest BCUT2D eigenvalue weighted by Crippen LogP contribution is -2.40. The lowest BCUT2D eigenvalue weighted by molar-refractivity contribution is -0.125. The molecule has 2 rings (SSSR count). The molecule has 0 radical (unpaired) electrons. The van der Waals surface area contributed by atoms with E-state index in [1.807, 2.05) is 0 Å². The van der Waals surface area contributed by atoms with Crippen molar-refractivity contribution in [2.45, 2.75) is 52.7 Å². The van der Waals surface area contributed by atoms with E-state index < -0.39 is 60.4 Å². The molecule has 0 aromatic heterocycles. The van der Waals surface area contributed by atoms with Gasteiger partial charge in [-0.15, -0.1) is 0 Å². The monoisotopic (exact) mass is 474 g/mol. The van der Waals surface area contributed by atoms with Gasteiger partial charge in [-0.1, -0.05) is 11.8 Å². The quantitative estimate of drug-likeness (QED) is 0.433. The Kier molecular flexibility index (Phi) is 7.57. The molecule has 12 heteroatoms. The fourth-order valence-corrected chi connectivity index (χ4v) is 2.64. The van der Waals surface area contributed by atoms with Crippen molar-refractivity contribution in [3.05, 3.63) is 0 Å². The summed E-state index contributed by atoms with van der Waals surface area (Å²) >= 11 is 0. The van der Waals surface area contributed by atoms with Crippen molar-refractivity contribution in [1.82, 2.24) is 19.6 Å². The molecule has 0 aromatic rings. The van der Waals surface area contributed by atoms with Crippen LogP contribution >= 0.6 is 0 Å². The highest BCUT2D eigenvalue weighted by Gasteiger charge is 2.42. The van der Waals surface area contributed by atoms with E-state index >= 15 is 0 Å². The van der Waals surface area contributed by atoms with Gasteiger partial charge in [0.1, 0.15) is 24.3 Å². The van der Waals surface area contributed by atoms with Crippen molar-refractivity contribution >= 4 is 36.1 Å². The summed E-state index contributed by atoms with van der Waals surface area (Å²) < 4.78 is 10.2. The van der Waals surface area contributed by atoms with Crippen LogP contribution in [0.5, 0.6) is 0 Å². The number of imide groups is 4. The number of urea groups is 2. The molecular weight excluding hydrogens is 448 g/mol. The third-order valence-corrected chi connectivity index (χ3v) is 4.05. The van der Waals surface area contributed by atoms with E-state index in [0.717, 1.165) is 9.80 Å². The van der Waals surface area contributed by atoms with Crippen LogP contribution in [0.25, 0.3) is 0 Å². The summed E-state index contributed by atoms with van der Waals surface area (Å²) in [5.41, 5.74) is -1.66. The third-order valence-electron chi connectivity index (χ3n) is 4.05. The minimum atomic E-state index is -0.929. The fraction of sp³-hybridized carbons (Fsp3) is 0.545. The number of rotatable bonds is 2. The van der Waals surface area contributed by atoms with E-state index in [1.165, 1.54) is 0 Å². The lowest BCUT2D eigenvalue weighted by atomic mass is 10.2. The number of carbonyl (C=O) groups excluding carboxylic acids is 6. The average Bonchev–Trinajstić information content (AvgIpc) is 3.12. The van der Waals surface area contributed by atoms with Crippen LogP contribution < -0.4 is 0 Å². The molecule has 8 amide bonds. The minimum Gasteiger partial charge on any atom is -0.443 e. The number of ether oxygens (including phenoxy) is 2. The first-order valence-corrected chi connectivity index (χ1v) is 10.3. The maximum Gasteiger partial charge on any atom is 0.419 e. The van der Waals surface area contributed by atoms with Gasteiger partial charge in [-0.25, -0.2) is 29.0 Å². The van der Waals surface area contributed by atoms with Crippen LogP contribution in [0.1, 0.15) is 41.5 Å². The van der Waals surface area contributed by atoms with Crippen LogP contribution in [-0.2, 0) is 19.1 Å². The van der Waals surface area contributed by atoms with Crippen molar-refractivity contribution in [2.75, 3.05) is 26.2 Å². The molecule has 0 N–H and O–H groups in total. The van der Waals surface area contributed by atoms with Gasteiger partial charge in [-0.3, -0.25) is 19.4 Å². The first-order chi connectivity index (χ1) is 15.6. The predicted molar refractivity (Wildman–Crippen MR) is 116 cm³/mol. The molecule has 34 heavy (non-hydrogen) atoms. The van der Waals surface area contributed by atoms with Crippen molar-refractivity contribution < 1.29 is 38.2 Å². The summed E-state index contributed by atoms with van der Waals surface area (Å²) in [7, 11) is 0. The topological polar surface area (TPSA) is 134 Å². The molecule has 12 nitrogen and oxygen atoms in total. The molecule has 2 aliphatic heterocycles. The zero-order chi connectivity index (χ0) is 25.8. The van der Waals surface area contributed by atoms with Gasteiger partial charge < -0.3 is 9.47 Å². The third kappa shape index (κ3) is 6.72. The highest BCUT2D eigenvalue weighted by Crippen LogP contribution is 2.17. The number of hydrogen-bond donors (Lipinski definition) is 0. The SMILES string of the molecule is CC(C)(C)OC(=O)N1CC(=O)N(CC#CC#CCN2C(=O)CN(C(=O)OC(C)(C)C)C2=O)C1=O. The second-order valence-electron chi connectivity index (χ2n) is 9.26. The van der Waals surface area contributed by atoms with Crippen molar-refractivity contribution in [3.8, 4) is 23.7 Å². The van der Waals surface area contributed by atoms with Crippen LogP contribution in [0.3, 0.4) is 0 Å². The normalized spacial score (nSPS) is 16.3. The van der Waals surface area contributed by atoms with Crippen molar-refractivity contribution in [2.24, 2.45) is 0 Å². The Hall–Kier alpha value is -4.06. The van der Waals surface area contributed by atoms with E-state index in [1.54, 1.807) is 41.5 Å². The molecule has 0 atom stereocenters. The van der Waals surface area contributed by atoms with Gasteiger partial charge in [0, 0.05) is 0 Å². The Labute approximate surface area is 197 Å². The van der Waals surface area contributed by atoms with Crippen molar-refractivity contribution in [1.29, 1.82) is 0 Å². The summed E-state index contributed by atoms with van der Waals surface area (Å²) in [5.74, 6) is 8.59. The number of nitrogens with zero attached hydrogens (tertiary/aromatic N) is 4. The molecule has 0 unspecified atom stereocenters. The summed E-state index contributed by atoms with van der Waals surface area (Å²) in [6.45, 7) is 8.28. The molecule has 0 aromatic carbocycles. The second kappa shape index (κ2) is 9.83. The van der Waals surface area contributed by atoms with E-state index in [0.29, 0.717) is 9.80 Å². The van der Waals surface area contributed by atoms with E-state index in [4.69, 9.17) is 9.47 Å². The Bertz CT molecular complexity index is 961. The molecule has 2 saturated heterocycles. The summed E-state index contributed by atoms with van der Waals surface area (Å²) in [4.78, 5) is 75.6. The van der Waals surface area contributed by atoms with Gasteiger partial charge in [0.05, 0.1) is 13.1 Å². The highest BCUT2D eigenvalue weighted by atomic mass is 16.6. The summed E-state index contributed by atoms with van der Waals surface area (Å²) in [6, 6.07) is -1.70. The molecule has 2 fully saturated rings. The number of hydrogen-bond acceptors (Lipinski definition) is 8. The molecule has 0 aliphatic carbocycles. The van der Waals surface area contributed by atoms with E-state index in [2.05, 4.69) is 23.7 Å². The number of amides is 8. The second-order valence-corrected chi connectivity index (χ2v) is 9.26. The first-order valence-electron chi connectivity index (χ1n) is 10.3. The highest BCUT2D eigenvalue weighted by molar-refractivity contribution is 6.09. The van der Waals surface area contributed by atoms with Crippen LogP contribution in [0.15, 0.2) is 0 Å². The largest absolute Gasteiger partial charge is 0.443 e. The predicted octanol–water partition coefficient (Wildman–Crippen LogP) is 1.39. The maximum atomic E-state index is 12.3. The summed E-state index contributed by atoms with van der Waals surface area (Å²) in [6.07, 6.45) is -1.86. The van der Waals surface area contributed by atoms with Gasteiger partial charge in [0.25, 0.3) is 11.8 Å². The van der Waals surface area contributed by atoms with Crippen LogP contribution in [0.2, 0.25) is 0 Å². The van der Waals surface area contributed by atoms with E-state index in [9.17, 15) is 28.8 Å². The zero-order valence-electron chi connectivity index (χ0n) is 19.9. The molecule has 0 bridgehead atoms. The van der Waals surface area contributed by atoms with Crippen LogP contribution in [-0.4, -0.2) is 93.0 Å². The standard InChI is InChI=1S/C22H26N4O8/c1-21(2,3)33-19(31)25-13-15(27)23(17(25)29)11-9-7-8-10-12-24-16(28)14-26(18(24)30)20(32)34-22(4,5)6/h11-14H2,1-6H3. The first kappa shape index (κ1) is 26.2. The molecule has 0 saturated carbocycles. The van der Waals surface area contributed by atoms with Gasteiger partial charge >= 0.3 is 24.2 Å². The Morgan fingerprint density at radius 2 is 1.03 bits per heavy atom. The van der Waals surface area contributed by atoms with E-state index in [-0.39, 0.29) is 13.1 Å². The van der Waals surface area contributed by atoms with Crippen molar-refractivity contribution in [3.63, 3.8) is 0 Å². The minimum absolute atomic E-state index is 0.306.